The third-order valence-corrected chi connectivity index (χ3v) is 7.93. The molecule has 190 valence electrons. The fourth-order valence-electron chi connectivity index (χ4n) is 4.56. The van der Waals surface area contributed by atoms with Gasteiger partial charge in [-0.3, -0.25) is 0 Å². The zero-order valence-corrected chi connectivity index (χ0v) is 22.1. The standard InChI is InChI=1S/C25H30N6O3S2/c1-14-21(23-30-16-6-4-5-7-19(16)36-23)22(31-24(28-14)27-12-20-26-8-9-35-20)29-17-10-15(13-32)11-18(17)34-25(2,3)33/h4-9,15,17-18,32-33H,10-13H2,1-3H3,(H2,27,28,29,31)/t15-,17+,18+/m0/s1. The van der Waals surface area contributed by atoms with Crippen LogP contribution in [0.1, 0.15) is 37.4 Å². The molecule has 3 atom stereocenters. The molecule has 9 nitrogen and oxygen atoms in total. The van der Waals surface area contributed by atoms with E-state index >= 15 is 0 Å². The Balaban J connectivity index is 1.51. The third-order valence-electron chi connectivity index (χ3n) is 6.10. The second kappa shape index (κ2) is 10.3. The summed E-state index contributed by atoms with van der Waals surface area (Å²) in [5.74, 6) is -0.0682. The van der Waals surface area contributed by atoms with Gasteiger partial charge in [-0.1, -0.05) is 12.1 Å². The van der Waals surface area contributed by atoms with Crippen molar-refractivity contribution in [3.8, 4) is 10.6 Å². The number of anilines is 2. The summed E-state index contributed by atoms with van der Waals surface area (Å²) in [5, 5.41) is 30.7. The van der Waals surface area contributed by atoms with Gasteiger partial charge in [-0.2, -0.15) is 4.98 Å². The second-order valence-electron chi connectivity index (χ2n) is 9.50. The molecule has 0 saturated heterocycles. The van der Waals surface area contributed by atoms with Gasteiger partial charge in [-0.15, -0.1) is 22.7 Å². The van der Waals surface area contributed by atoms with Crippen LogP contribution in [0.3, 0.4) is 0 Å². The molecule has 4 N–H and O–H groups in total. The molecule has 1 fully saturated rings. The lowest BCUT2D eigenvalue weighted by atomic mass is 10.1. The number of hydrogen-bond donors (Lipinski definition) is 4. The summed E-state index contributed by atoms with van der Waals surface area (Å²) in [7, 11) is 0. The zero-order chi connectivity index (χ0) is 25.3. The van der Waals surface area contributed by atoms with Crippen molar-refractivity contribution in [2.24, 2.45) is 5.92 Å². The highest BCUT2D eigenvalue weighted by molar-refractivity contribution is 7.21. The monoisotopic (exact) mass is 526 g/mol. The number of rotatable bonds is 9. The number of hydrogen-bond acceptors (Lipinski definition) is 11. The van der Waals surface area contributed by atoms with Crippen LogP contribution in [0.15, 0.2) is 35.8 Å². The fourth-order valence-corrected chi connectivity index (χ4v) is 6.18. The van der Waals surface area contributed by atoms with E-state index < -0.39 is 5.79 Å². The molecule has 3 aromatic heterocycles. The van der Waals surface area contributed by atoms with E-state index in [2.05, 4.69) is 21.7 Å². The van der Waals surface area contributed by atoms with Crippen LogP contribution in [0.5, 0.6) is 0 Å². The Kier molecular flexibility index (Phi) is 7.18. The van der Waals surface area contributed by atoms with E-state index in [1.807, 2.05) is 30.5 Å². The van der Waals surface area contributed by atoms with E-state index in [4.69, 9.17) is 19.7 Å². The highest BCUT2D eigenvalue weighted by atomic mass is 32.1. The van der Waals surface area contributed by atoms with Gasteiger partial charge in [-0.05, 0) is 51.7 Å². The van der Waals surface area contributed by atoms with Gasteiger partial charge in [0.2, 0.25) is 5.95 Å². The summed E-state index contributed by atoms with van der Waals surface area (Å²) in [5.41, 5.74) is 2.56. The van der Waals surface area contributed by atoms with Crippen molar-refractivity contribution in [2.45, 2.75) is 58.1 Å². The number of nitrogens with zero attached hydrogens (tertiary/aromatic N) is 4. The number of aromatic nitrogens is 4. The molecule has 1 saturated carbocycles. The Morgan fingerprint density at radius 2 is 2.00 bits per heavy atom. The van der Waals surface area contributed by atoms with Crippen molar-refractivity contribution in [3.05, 3.63) is 46.5 Å². The molecule has 5 rings (SSSR count). The average molecular weight is 527 g/mol. The van der Waals surface area contributed by atoms with Crippen LogP contribution in [0, 0.1) is 12.8 Å². The van der Waals surface area contributed by atoms with Crippen molar-refractivity contribution in [1.82, 2.24) is 19.9 Å². The molecular weight excluding hydrogens is 496 g/mol. The van der Waals surface area contributed by atoms with Gasteiger partial charge in [0.15, 0.2) is 5.79 Å². The highest BCUT2D eigenvalue weighted by Crippen LogP contribution is 2.39. The second-order valence-corrected chi connectivity index (χ2v) is 11.5. The Morgan fingerprint density at radius 3 is 2.72 bits per heavy atom. The first-order valence-corrected chi connectivity index (χ1v) is 13.6. The Hall–Kier alpha value is -2.70. The van der Waals surface area contributed by atoms with Crippen molar-refractivity contribution in [2.75, 3.05) is 17.2 Å². The highest BCUT2D eigenvalue weighted by Gasteiger charge is 2.38. The van der Waals surface area contributed by atoms with Gasteiger partial charge in [0.05, 0.1) is 40.2 Å². The topological polar surface area (TPSA) is 125 Å². The van der Waals surface area contributed by atoms with Gasteiger partial charge in [-0.25, -0.2) is 15.0 Å². The minimum Gasteiger partial charge on any atom is -0.396 e. The van der Waals surface area contributed by atoms with E-state index in [9.17, 15) is 10.2 Å². The first-order valence-electron chi connectivity index (χ1n) is 11.9. The number of aliphatic hydroxyl groups excluding tert-OH is 1. The zero-order valence-electron chi connectivity index (χ0n) is 20.4. The summed E-state index contributed by atoms with van der Waals surface area (Å²) in [4.78, 5) is 18.8. The molecule has 1 aliphatic rings. The van der Waals surface area contributed by atoms with Crippen molar-refractivity contribution in [3.63, 3.8) is 0 Å². The maximum Gasteiger partial charge on any atom is 0.225 e. The molecule has 11 heteroatoms. The van der Waals surface area contributed by atoms with Gasteiger partial charge < -0.3 is 25.6 Å². The smallest absolute Gasteiger partial charge is 0.225 e. The van der Waals surface area contributed by atoms with E-state index in [-0.39, 0.29) is 24.7 Å². The molecule has 1 aliphatic carbocycles. The van der Waals surface area contributed by atoms with Gasteiger partial charge >= 0.3 is 0 Å². The van der Waals surface area contributed by atoms with Crippen LogP contribution in [0.2, 0.25) is 0 Å². The molecule has 0 spiro atoms. The molecule has 4 aromatic rings. The number of ether oxygens (including phenoxy) is 1. The average Bonchev–Trinajstić information content (AvgIpc) is 3.56. The molecule has 3 heterocycles. The van der Waals surface area contributed by atoms with Crippen LogP contribution in [-0.2, 0) is 11.3 Å². The maximum atomic E-state index is 10.3. The number of nitrogens with one attached hydrogen (secondary N) is 2. The summed E-state index contributed by atoms with van der Waals surface area (Å²) in [6.45, 7) is 5.80. The first kappa shape index (κ1) is 25.0. The predicted octanol–water partition coefficient (Wildman–Crippen LogP) is 4.43. The number of thiazole rings is 2. The minimum atomic E-state index is -1.28. The van der Waals surface area contributed by atoms with Crippen molar-refractivity contribution < 1.29 is 14.9 Å². The molecule has 36 heavy (non-hydrogen) atoms. The Bertz CT molecular complexity index is 1290. The van der Waals surface area contributed by atoms with Crippen LogP contribution in [-0.4, -0.2) is 54.7 Å². The minimum absolute atomic E-state index is 0.0675. The molecule has 1 aromatic carbocycles. The summed E-state index contributed by atoms with van der Waals surface area (Å²) in [6.07, 6.45) is 2.83. The SMILES string of the molecule is Cc1nc(NCc2nccs2)nc(N[C@@H]2C[C@H](CO)C[C@H]2OC(C)(C)O)c1-c1nc2ccccc2s1. The first-order chi connectivity index (χ1) is 17.3. The molecule has 0 unspecified atom stereocenters. The molecule has 0 aliphatic heterocycles. The number of aryl methyl sites for hydroxylation is 1. The largest absolute Gasteiger partial charge is 0.396 e. The van der Waals surface area contributed by atoms with Gasteiger partial charge in [0.25, 0.3) is 0 Å². The Labute approximate surface area is 217 Å². The molecular formula is C25H30N6O3S2. The maximum absolute atomic E-state index is 10.3. The van der Waals surface area contributed by atoms with Crippen LogP contribution >= 0.6 is 22.7 Å². The molecule has 0 bridgehead atoms. The predicted molar refractivity (Wildman–Crippen MR) is 143 cm³/mol. The molecule has 0 radical (unpaired) electrons. The van der Waals surface area contributed by atoms with E-state index in [1.165, 1.54) is 0 Å². The third kappa shape index (κ3) is 5.65. The number of para-hydroxylation sites is 1. The van der Waals surface area contributed by atoms with E-state index in [0.717, 1.165) is 31.5 Å². The van der Waals surface area contributed by atoms with Gasteiger partial charge in [0.1, 0.15) is 15.8 Å². The lowest BCUT2D eigenvalue weighted by Gasteiger charge is -2.29. The number of fused-ring (bicyclic) bond motifs is 1. The van der Waals surface area contributed by atoms with E-state index in [0.29, 0.717) is 31.2 Å². The lowest BCUT2D eigenvalue weighted by molar-refractivity contribution is -0.205. The molecule has 0 amide bonds. The van der Waals surface area contributed by atoms with Crippen LogP contribution in [0.25, 0.3) is 20.8 Å². The number of benzene rings is 1. The fraction of sp³-hybridized carbons (Fsp3) is 0.440. The summed E-state index contributed by atoms with van der Waals surface area (Å²) in [6, 6.07) is 7.89. The lowest BCUT2D eigenvalue weighted by Crippen LogP contribution is -2.38. The summed E-state index contributed by atoms with van der Waals surface area (Å²) >= 11 is 3.17. The van der Waals surface area contributed by atoms with Crippen molar-refractivity contribution in [1.29, 1.82) is 0 Å². The normalized spacial score (nSPS) is 20.2. The summed E-state index contributed by atoms with van der Waals surface area (Å²) < 4.78 is 7.06. The Morgan fingerprint density at radius 1 is 1.17 bits per heavy atom. The van der Waals surface area contributed by atoms with E-state index in [1.54, 1.807) is 42.7 Å². The van der Waals surface area contributed by atoms with Crippen molar-refractivity contribution >= 4 is 44.7 Å². The van der Waals surface area contributed by atoms with Gasteiger partial charge in [0, 0.05) is 18.2 Å². The van der Waals surface area contributed by atoms with Crippen LogP contribution < -0.4 is 10.6 Å². The van der Waals surface area contributed by atoms with Crippen LogP contribution in [0.4, 0.5) is 11.8 Å². The number of aliphatic hydroxyl groups is 2. The quantitative estimate of drug-likeness (QED) is 0.234.